The Labute approximate surface area is 179 Å². The van der Waals surface area contributed by atoms with E-state index in [-0.39, 0.29) is 16.2 Å². The third-order valence-corrected chi connectivity index (χ3v) is 6.34. The van der Waals surface area contributed by atoms with E-state index >= 15 is 0 Å². The van der Waals surface area contributed by atoms with E-state index in [1.807, 2.05) is 0 Å². The number of rotatable bonds is 4. The topological polar surface area (TPSA) is 60.5 Å². The molecular formula is C26H37N3O. The summed E-state index contributed by atoms with van der Waals surface area (Å²) >= 11 is 0. The normalized spacial score (nSPS) is 13.8. The number of hydrogen-bond donors (Lipinski definition) is 3. The van der Waals surface area contributed by atoms with Gasteiger partial charge < -0.3 is 19.4 Å². The molecule has 0 aliphatic heterocycles. The van der Waals surface area contributed by atoms with Crippen LogP contribution >= 0.6 is 0 Å². The number of nitrogens with one attached hydrogen (secondary N) is 3. The summed E-state index contributed by atoms with van der Waals surface area (Å²) < 4.78 is 5.65. The minimum atomic E-state index is -0.0378. The number of fused-ring (bicyclic) bond motifs is 2. The Morgan fingerprint density at radius 2 is 1.53 bits per heavy atom. The monoisotopic (exact) mass is 407 g/mol. The van der Waals surface area contributed by atoms with Gasteiger partial charge in [0.05, 0.1) is 6.26 Å². The zero-order valence-corrected chi connectivity index (χ0v) is 20.1. The van der Waals surface area contributed by atoms with Crippen molar-refractivity contribution in [1.29, 1.82) is 0 Å². The lowest BCUT2D eigenvalue weighted by atomic mass is 9.78. The first-order valence-corrected chi connectivity index (χ1v) is 11.2. The predicted octanol–water partition coefficient (Wildman–Crippen LogP) is 7.25. The van der Waals surface area contributed by atoms with Gasteiger partial charge in [-0.25, -0.2) is 0 Å². The molecule has 3 N–H and O–H groups in total. The van der Waals surface area contributed by atoms with Crippen molar-refractivity contribution in [2.75, 3.05) is 0 Å². The number of hydrogen-bond acceptors (Lipinski definition) is 1. The molecule has 30 heavy (non-hydrogen) atoms. The van der Waals surface area contributed by atoms with Gasteiger partial charge in [0.1, 0.15) is 5.65 Å². The molecule has 0 unspecified atom stereocenters. The third kappa shape index (κ3) is 3.30. The Bertz CT molecular complexity index is 1200. The highest BCUT2D eigenvalue weighted by molar-refractivity contribution is 5.85. The standard InChI is InChI=1S/C26H37N3O/c1-10-16-17-11-12-30-23(17)29-20(16)26(8,9)14-15-13-18-19(24(2,3)4)21(25(5,6)7)28-22(18)27-15/h11-13,27-29H,10,14H2,1-9H3. The first-order valence-electron chi connectivity index (χ1n) is 11.2. The molecule has 0 radical (unpaired) electrons. The van der Waals surface area contributed by atoms with E-state index in [0.717, 1.165) is 24.2 Å². The summed E-state index contributed by atoms with van der Waals surface area (Å²) in [5.41, 5.74) is 8.83. The molecule has 0 aromatic carbocycles. The lowest BCUT2D eigenvalue weighted by Gasteiger charge is -2.27. The van der Waals surface area contributed by atoms with E-state index in [1.54, 1.807) is 6.26 Å². The number of aromatic amines is 3. The molecular weight excluding hydrogens is 370 g/mol. The van der Waals surface area contributed by atoms with Crippen LogP contribution in [0.25, 0.3) is 22.1 Å². The highest BCUT2D eigenvalue weighted by atomic mass is 16.3. The lowest BCUT2D eigenvalue weighted by molar-refractivity contribution is 0.495. The summed E-state index contributed by atoms with van der Waals surface area (Å²) in [5.74, 6) is 0. The maximum atomic E-state index is 5.65. The van der Waals surface area contributed by atoms with E-state index in [9.17, 15) is 0 Å². The van der Waals surface area contributed by atoms with Crippen LogP contribution in [0.15, 0.2) is 22.8 Å². The van der Waals surface area contributed by atoms with Crippen molar-refractivity contribution in [3.05, 3.63) is 46.6 Å². The largest absolute Gasteiger partial charge is 0.448 e. The molecule has 0 aliphatic rings. The van der Waals surface area contributed by atoms with Crippen LogP contribution in [-0.4, -0.2) is 15.0 Å². The quantitative estimate of drug-likeness (QED) is 0.328. The molecule has 4 nitrogen and oxygen atoms in total. The predicted molar refractivity (Wildman–Crippen MR) is 127 cm³/mol. The summed E-state index contributed by atoms with van der Waals surface area (Å²) in [5, 5.41) is 2.54. The molecule has 0 spiro atoms. The zero-order chi connectivity index (χ0) is 22.1. The van der Waals surface area contributed by atoms with Gasteiger partial charge in [-0.2, -0.15) is 0 Å². The molecule has 162 valence electrons. The van der Waals surface area contributed by atoms with Crippen molar-refractivity contribution in [3.63, 3.8) is 0 Å². The molecule has 0 atom stereocenters. The van der Waals surface area contributed by atoms with E-state index in [1.165, 1.54) is 39.0 Å². The van der Waals surface area contributed by atoms with Gasteiger partial charge in [-0.15, -0.1) is 0 Å². The second-order valence-corrected chi connectivity index (χ2v) is 11.5. The number of furan rings is 1. The van der Waals surface area contributed by atoms with E-state index < -0.39 is 0 Å². The van der Waals surface area contributed by atoms with Gasteiger partial charge in [0, 0.05) is 38.7 Å². The average Bonchev–Trinajstić information content (AvgIpc) is 3.29. The van der Waals surface area contributed by atoms with Gasteiger partial charge in [-0.05, 0) is 41.5 Å². The number of aromatic nitrogens is 3. The molecule has 4 aromatic heterocycles. The number of aryl methyl sites for hydroxylation is 1. The first kappa shape index (κ1) is 20.9. The minimum absolute atomic E-state index is 0.0378. The summed E-state index contributed by atoms with van der Waals surface area (Å²) in [4.78, 5) is 11.0. The average molecular weight is 408 g/mol. The van der Waals surface area contributed by atoms with E-state index in [4.69, 9.17) is 4.42 Å². The van der Waals surface area contributed by atoms with Crippen LogP contribution in [0.4, 0.5) is 0 Å². The highest BCUT2D eigenvalue weighted by Gasteiger charge is 2.32. The molecule has 0 aliphatic carbocycles. The molecule has 4 heteroatoms. The van der Waals surface area contributed by atoms with Crippen LogP contribution in [0.5, 0.6) is 0 Å². The van der Waals surface area contributed by atoms with Gasteiger partial charge in [0.15, 0.2) is 0 Å². The molecule has 0 amide bonds. The van der Waals surface area contributed by atoms with Gasteiger partial charge in [-0.3, -0.25) is 0 Å². The van der Waals surface area contributed by atoms with Gasteiger partial charge >= 0.3 is 0 Å². The van der Waals surface area contributed by atoms with Crippen LogP contribution in [0.3, 0.4) is 0 Å². The van der Waals surface area contributed by atoms with Crippen molar-refractivity contribution < 1.29 is 4.42 Å². The van der Waals surface area contributed by atoms with Crippen molar-refractivity contribution >= 4 is 22.1 Å². The fraction of sp³-hybridized carbons (Fsp3) is 0.538. The van der Waals surface area contributed by atoms with Crippen LogP contribution in [0, 0.1) is 0 Å². The molecule has 0 saturated carbocycles. The number of H-pyrrole nitrogens is 3. The molecule has 0 saturated heterocycles. The zero-order valence-electron chi connectivity index (χ0n) is 20.1. The first-order chi connectivity index (χ1) is 13.8. The van der Waals surface area contributed by atoms with Gasteiger partial charge in [-0.1, -0.05) is 62.3 Å². The summed E-state index contributed by atoms with van der Waals surface area (Å²) in [6, 6.07) is 4.44. The smallest absolute Gasteiger partial charge is 0.204 e. The maximum Gasteiger partial charge on any atom is 0.204 e. The Hall–Kier alpha value is -2.36. The Morgan fingerprint density at radius 1 is 0.833 bits per heavy atom. The van der Waals surface area contributed by atoms with Crippen molar-refractivity contribution in [2.24, 2.45) is 0 Å². The Balaban J connectivity index is 1.77. The second-order valence-electron chi connectivity index (χ2n) is 11.5. The molecule has 4 heterocycles. The summed E-state index contributed by atoms with van der Waals surface area (Å²) in [6.07, 6.45) is 3.69. The van der Waals surface area contributed by atoms with Crippen LogP contribution in [0.2, 0.25) is 0 Å². The van der Waals surface area contributed by atoms with Crippen LogP contribution in [-0.2, 0) is 29.1 Å². The van der Waals surface area contributed by atoms with E-state index in [2.05, 4.69) is 89.4 Å². The highest BCUT2D eigenvalue weighted by Crippen LogP contribution is 2.40. The fourth-order valence-corrected chi connectivity index (χ4v) is 5.04. The van der Waals surface area contributed by atoms with Crippen molar-refractivity contribution in [3.8, 4) is 0 Å². The third-order valence-electron chi connectivity index (χ3n) is 6.34. The Morgan fingerprint density at radius 3 is 2.13 bits per heavy atom. The molecule has 4 rings (SSSR count). The van der Waals surface area contributed by atoms with Crippen molar-refractivity contribution in [1.82, 2.24) is 15.0 Å². The van der Waals surface area contributed by atoms with Gasteiger partial charge in [0.2, 0.25) is 5.71 Å². The SMILES string of the molecule is CCc1c(C(C)(C)Cc2cc3c(C(C)(C)C)c(C(C)(C)C)[nH]c3[nH]2)[nH]c2occc12. The van der Waals surface area contributed by atoms with Crippen molar-refractivity contribution in [2.45, 2.75) is 91.4 Å². The lowest BCUT2D eigenvalue weighted by Crippen LogP contribution is -2.23. The van der Waals surface area contributed by atoms with E-state index in [0.29, 0.717) is 0 Å². The molecule has 4 aromatic rings. The summed E-state index contributed by atoms with van der Waals surface area (Å²) in [7, 11) is 0. The Kier molecular flexibility index (Phi) is 4.57. The van der Waals surface area contributed by atoms with Gasteiger partial charge in [0.25, 0.3) is 0 Å². The fourth-order valence-electron chi connectivity index (χ4n) is 5.04. The van der Waals surface area contributed by atoms with Crippen LogP contribution in [0.1, 0.15) is 90.5 Å². The van der Waals surface area contributed by atoms with Crippen LogP contribution < -0.4 is 0 Å². The molecule has 0 fully saturated rings. The second kappa shape index (κ2) is 6.57. The summed E-state index contributed by atoms with van der Waals surface area (Å²) in [6.45, 7) is 20.6. The molecule has 0 bridgehead atoms. The minimum Gasteiger partial charge on any atom is -0.448 e. The maximum absolute atomic E-state index is 5.65.